The summed E-state index contributed by atoms with van der Waals surface area (Å²) in [4.78, 5) is 0. The normalized spacial score (nSPS) is 13.4. The van der Waals surface area contributed by atoms with E-state index in [-0.39, 0.29) is 11.0 Å². The first-order chi connectivity index (χ1) is 6.48. The minimum Gasteiger partial charge on any atom is -0.412 e. The van der Waals surface area contributed by atoms with Crippen molar-refractivity contribution >= 4 is 0 Å². The molecule has 0 aromatic heterocycles. The van der Waals surface area contributed by atoms with Gasteiger partial charge in [0, 0.05) is 5.54 Å². The van der Waals surface area contributed by atoms with Crippen LogP contribution in [0.15, 0.2) is 0 Å². The molecule has 2 nitrogen and oxygen atoms in total. The van der Waals surface area contributed by atoms with E-state index in [1.165, 1.54) is 44.9 Å². The van der Waals surface area contributed by atoms with E-state index >= 15 is 0 Å². The van der Waals surface area contributed by atoms with Crippen molar-refractivity contribution in [2.75, 3.05) is 0 Å². The van der Waals surface area contributed by atoms with Crippen LogP contribution in [0.4, 0.5) is 0 Å². The molecule has 2 heteroatoms. The molecule has 0 aliphatic carbocycles. The summed E-state index contributed by atoms with van der Waals surface area (Å²) in [5.41, 5.74) is 6.04. The van der Waals surface area contributed by atoms with Crippen LogP contribution in [0.5, 0.6) is 0 Å². The Kier molecular flexibility index (Phi) is 10.6. The lowest BCUT2D eigenvalue weighted by molar-refractivity contribution is 0.316. The first-order valence-electron chi connectivity index (χ1n) is 6.27. The van der Waals surface area contributed by atoms with E-state index < -0.39 is 0 Å². The molecule has 0 saturated carbocycles. The highest BCUT2D eigenvalue weighted by molar-refractivity contribution is 4.78. The summed E-state index contributed by atoms with van der Waals surface area (Å²) in [5, 5.41) is 0. The average molecular weight is 217 g/mol. The van der Waals surface area contributed by atoms with Crippen LogP contribution < -0.4 is 5.73 Å². The van der Waals surface area contributed by atoms with Gasteiger partial charge >= 0.3 is 0 Å². The van der Waals surface area contributed by atoms with E-state index in [0.717, 1.165) is 0 Å². The maximum Gasteiger partial charge on any atom is 0.0123 e. The molecule has 0 rings (SSSR count). The van der Waals surface area contributed by atoms with Gasteiger partial charge in [0.2, 0.25) is 0 Å². The molecule has 0 heterocycles. The monoisotopic (exact) mass is 217 g/mol. The van der Waals surface area contributed by atoms with Crippen LogP contribution in [0.25, 0.3) is 0 Å². The second-order valence-corrected chi connectivity index (χ2v) is 5.28. The lowest BCUT2D eigenvalue weighted by atomic mass is 9.86. The van der Waals surface area contributed by atoms with E-state index in [4.69, 9.17) is 5.73 Å². The Bertz CT molecular complexity index is 129. The predicted molar refractivity (Wildman–Crippen MR) is 69.0 cm³/mol. The van der Waals surface area contributed by atoms with Crippen LogP contribution in [-0.2, 0) is 0 Å². The van der Waals surface area contributed by atoms with Crippen LogP contribution in [0, 0.1) is 5.92 Å². The summed E-state index contributed by atoms with van der Waals surface area (Å²) in [5.74, 6) is 0.647. The van der Waals surface area contributed by atoms with Gasteiger partial charge in [-0.25, -0.2) is 0 Å². The Morgan fingerprint density at radius 2 is 1.47 bits per heavy atom. The molecule has 0 aromatic carbocycles. The minimum atomic E-state index is 0. The van der Waals surface area contributed by atoms with Crippen LogP contribution >= 0.6 is 0 Å². The molecule has 0 saturated heterocycles. The molecule has 0 amide bonds. The second kappa shape index (κ2) is 9.17. The highest BCUT2D eigenvalue weighted by atomic mass is 16.0. The van der Waals surface area contributed by atoms with Crippen molar-refractivity contribution in [2.24, 2.45) is 11.7 Å². The van der Waals surface area contributed by atoms with E-state index in [0.29, 0.717) is 5.92 Å². The molecule has 0 radical (unpaired) electrons. The molecule has 1 atom stereocenters. The standard InChI is InChI=1S/C13H29N.H2O/c1-5-6-7-8-9-10-11-12(2)13(3,4)14;/h12H,5-11,14H2,1-4H3;1H2. The fourth-order valence-corrected chi connectivity index (χ4v) is 1.60. The zero-order valence-electron chi connectivity index (χ0n) is 11.1. The highest BCUT2D eigenvalue weighted by Gasteiger charge is 2.19. The predicted octanol–water partition coefficient (Wildman–Crippen LogP) is 3.29. The van der Waals surface area contributed by atoms with Gasteiger partial charge in [-0.05, 0) is 26.2 Å². The van der Waals surface area contributed by atoms with Crippen LogP contribution in [-0.4, -0.2) is 11.0 Å². The Hall–Kier alpha value is -0.0800. The zero-order chi connectivity index (χ0) is 11.0. The first-order valence-corrected chi connectivity index (χ1v) is 6.27. The van der Waals surface area contributed by atoms with E-state index in [1.807, 2.05) is 0 Å². The number of hydrogen-bond donors (Lipinski definition) is 1. The molecule has 1 unspecified atom stereocenters. The average Bonchev–Trinajstić information content (AvgIpc) is 2.09. The fourth-order valence-electron chi connectivity index (χ4n) is 1.60. The maximum atomic E-state index is 6.04. The number of nitrogens with two attached hydrogens (primary N) is 1. The van der Waals surface area contributed by atoms with Gasteiger partial charge in [0.1, 0.15) is 0 Å². The van der Waals surface area contributed by atoms with Crippen molar-refractivity contribution in [3.63, 3.8) is 0 Å². The van der Waals surface area contributed by atoms with E-state index in [2.05, 4.69) is 27.7 Å². The Labute approximate surface area is 95.9 Å². The minimum absolute atomic E-state index is 0. The molecule has 0 bridgehead atoms. The van der Waals surface area contributed by atoms with Crippen molar-refractivity contribution in [1.29, 1.82) is 0 Å². The van der Waals surface area contributed by atoms with Gasteiger partial charge in [-0.15, -0.1) is 0 Å². The number of hydrogen-bond acceptors (Lipinski definition) is 1. The zero-order valence-corrected chi connectivity index (χ0v) is 11.1. The van der Waals surface area contributed by atoms with Crippen molar-refractivity contribution in [3.05, 3.63) is 0 Å². The third kappa shape index (κ3) is 10.2. The van der Waals surface area contributed by atoms with Crippen LogP contribution in [0.2, 0.25) is 0 Å². The number of unbranched alkanes of at least 4 members (excludes halogenated alkanes) is 5. The largest absolute Gasteiger partial charge is 0.412 e. The van der Waals surface area contributed by atoms with Gasteiger partial charge in [-0.1, -0.05) is 52.4 Å². The first kappa shape index (κ1) is 17.3. The summed E-state index contributed by atoms with van der Waals surface area (Å²) in [7, 11) is 0. The van der Waals surface area contributed by atoms with Crippen molar-refractivity contribution in [1.82, 2.24) is 0 Å². The summed E-state index contributed by atoms with van der Waals surface area (Å²) in [6, 6.07) is 0. The van der Waals surface area contributed by atoms with Gasteiger partial charge in [-0.2, -0.15) is 0 Å². The quantitative estimate of drug-likeness (QED) is 0.623. The van der Waals surface area contributed by atoms with E-state index in [9.17, 15) is 0 Å². The molecule has 15 heavy (non-hydrogen) atoms. The van der Waals surface area contributed by atoms with Crippen LogP contribution in [0.3, 0.4) is 0 Å². The van der Waals surface area contributed by atoms with Gasteiger partial charge in [-0.3, -0.25) is 0 Å². The fraction of sp³-hybridized carbons (Fsp3) is 1.00. The van der Waals surface area contributed by atoms with Crippen molar-refractivity contribution in [2.45, 2.75) is 78.2 Å². The summed E-state index contributed by atoms with van der Waals surface area (Å²) < 4.78 is 0. The molecular formula is C13H31NO. The maximum absolute atomic E-state index is 6.04. The molecule has 0 spiro atoms. The van der Waals surface area contributed by atoms with Crippen LogP contribution in [0.1, 0.15) is 72.6 Å². The lowest BCUT2D eigenvalue weighted by Crippen LogP contribution is -2.39. The van der Waals surface area contributed by atoms with Gasteiger partial charge in [0.15, 0.2) is 0 Å². The summed E-state index contributed by atoms with van der Waals surface area (Å²) >= 11 is 0. The Morgan fingerprint density at radius 1 is 1.00 bits per heavy atom. The van der Waals surface area contributed by atoms with Gasteiger partial charge < -0.3 is 11.2 Å². The molecule has 94 valence electrons. The number of rotatable bonds is 8. The van der Waals surface area contributed by atoms with Crippen molar-refractivity contribution < 1.29 is 5.48 Å². The Balaban J connectivity index is 0. The third-order valence-corrected chi connectivity index (χ3v) is 3.26. The van der Waals surface area contributed by atoms with Crippen molar-refractivity contribution in [3.8, 4) is 0 Å². The third-order valence-electron chi connectivity index (χ3n) is 3.26. The highest BCUT2D eigenvalue weighted by Crippen LogP contribution is 2.20. The summed E-state index contributed by atoms with van der Waals surface area (Å²) in [6.45, 7) is 8.80. The lowest BCUT2D eigenvalue weighted by Gasteiger charge is -2.27. The second-order valence-electron chi connectivity index (χ2n) is 5.28. The molecule has 4 N–H and O–H groups in total. The molecule has 0 fully saturated rings. The van der Waals surface area contributed by atoms with Gasteiger partial charge in [0.05, 0.1) is 0 Å². The smallest absolute Gasteiger partial charge is 0.0123 e. The SMILES string of the molecule is CCCCCCCCC(C)C(C)(C)N.O. The topological polar surface area (TPSA) is 57.5 Å². The Morgan fingerprint density at radius 3 is 1.93 bits per heavy atom. The molecular weight excluding hydrogens is 186 g/mol. The summed E-state index contributed by atoms with van der Waals surface area (Å²) in [6.07, 6.45) is 9.59. The molecule has 0 aliphatic heterocycles. The van der Waals surface area contributed by atoms with E-state index in [1.54, 1.807) is 0 Å². The molecule has 0 aromatic rings. The van der Waals surface area contributed by atoms with Gasteiger partial charge in [0.25, 0.3) is 0 Å². The molecule has 0 aliphatic rings.